The summed E-state index contributed by atoms with van der Waals surface area (Å²) in [6.45, 7) is 3.27. The highest BCUT2D eigenvalue weighted by Gasteiger charge is 2.10. The lowest BCUT2D eigenvalue weighted by atomic mass is 10.2. The van der Waals surface area contributed by atoms with E-state index in [0.29, 0.717) is 10.0 Å². The number of hydrogen-bond acceptors (Lipinski definition) is 3. The Morgan fingerprint density at radius 1 is 1.04 bits per heavy atom. The van der Waals surface area contributed by atoms with Gasteiger partial charge in [0, 0.05) is 30.5 Å². The number of carbonyl (C=O) groups excluding carboxylic acids is 1. The summed E-state index contributed by atoms with van der Waals surface area (Å²) < 4.78 is 5.35. The van der Waals surface area contributed by atoms with Gasteiger partial charge >= 0.3 is 0 Å². The maximum absolute atomic E-state index is 12.0. The van der Waals surface area contributed by atoms with Gasteiger partial charge in [-0.15, -0.1) is 0 Å². The highest BCUT2D eigenvalue weighted by molar-refractivity contribution is 6.42. The Labute approximate surface area is 157 Å². The Hall–Kier alpha value is -2.01. The fourth-order valence-corrected chi connectivity index (χ4v) is 2.86. The minimum atomic E-state index is -0.204. The number of amides is 1. The summed E-state index contributed by atoms with van der Waals surface area (Å²) in [7, 11) is 0. The molecule has 130 valence electrons. The van der Waals surface area contributed by atoms with E-state index in [1.807, 2.05) is 24.3 Å². The SMILES string of the molecule is O=C(/C=C/c1ccc(Cl)c(Cl)c1)Nc1ccc(N2CCOCC2)cc1. The van der Waals surface area contributed by atoms with Crippen LogP contribution in [0.4, 0.5) is 11.4 Å². The summed E-state index contributed by atoms with van der Waals surface area (Å²) in [5.41, 5.74) is 2.70. The van der Waals surface area contributed by atoms with Crippen molar-refractivity contribution in [3.8, 4) is 0 Å². The minimum Gasteiger partial charge on any atom is -0.378 e. The van der Waals surface area contributed by atoms with Crippen molar-refractivity contribution in [2.24, 2.45) is 0 Å². The number of halogens is 2. The van der Waals surface area contributed by atoms with Crippen LogP contribution in [0.5, 0.6) is 0 Å². The van der Waals surface area contributed by atoms with Crippen LogP contribution < -0.4 is 10.2 Å². The number of anilines is 2. The van der Waals surface area contributed by atoms with E-state index >= 15 is 0 Å². The highest BCUT2D eigenvalue weighted by atomic mass is 35.5. The predicted molar refractivity (Wildman–Crippen MR) is 104 cm³/mol. The van der Waals surface area contributed by atoms with E-state index in [9.17, 15) is 4.79 Å². The number of ether oxygens (including phenoxy) is 1. The smallest absolute Gasteiger partial charge is 0.248 e. The maximum Gasteiger partial charge on any atom is 0.248 e. The largest absolute Gasteiger partial charge is 0.378 e. The molecule has 0 spiro atoms. The van der Waals surface area contributed by atoms with Crippen LogP contribution in [0, 0.1) is 0 Å². The maximum atomic E-state index is 12.0. The van der Waals surface area contributed by atoms with Crippen molar-refractivity contribution in [2.45, 2.75) is 0 Å². The van der Waals surface area contributed by atoms with Gasteiger partial charge in [0.15, 0.2) is 0 Å². The molecule has 1 fully saturated rings. The molecule has 4 nitrogen and oxygen atoms in total. The van der Waals surface area contributed by atoms with Gasteiger partial charge in [0.25, 0.3) is 0 Å². The predicted octanol–water partition coefficient (Wildman–Crippen LogP) is 4.48. The monoisotopic (exact) mass is 376 g/mol. The van der Waals surface area contributed by atoms with Gasteiger partial charge < -0.3 is 15.0 Å². The molecule has 0 saturated carbocycles. The van der Waals surface area contributed by atoms with Crippen molar-refractivity contribution in [3.63, 3.8) is 0 Å². The van der Waals surface area contributed by atoms with Crippen LogP contribution in [0.15, 0.2) is 48.5 Å². The second-order valence-electron chi connectivity index (χ2n) is 5.64. The van der Waals surface area contributed by atoms with Crippen molar-refractivity contribution in [1.29, 1.82) is 0 Å². The molecule has 6 heteroatoms. The average molecular weight is 377 g/mol. The van der Waals surface area contributed by atoms with Gasteiger partial charge in [-0.1, -0.05) is 29.3 Å². The molecule has 1 amide bonds. The third kappa shape index (κ3) is 4.98. The Balaban J connectivity index is 1.58. The topological polar surface area (TPSA) is 41.6 Å². The molecule has 1 N–H and O–H groups in total. The fourth-order valence-electron chi connectivity index (χ4n) is 2.55. The van der Waals surface area contributed by atoms with Crippen molar-refractivity contribution in [3.05, 3.63) is 64.1 Å². The van der Waals surface area contributed by atoms with Crippen LogP contribution in [-0.2, 0) is 9.53 Å². The van der Waals surface area contributed by atoms with Gasteiger partial charge in [-0.3, -0.25) is 4.79 Å². The van der Waals surface area contributed by atoms with Crippen molar-refractivity contribution in [1.82, 2.24) is 0 Å². The lowest BCUT2D eigenvalue weighted by molar-refractivity contribution is -0.111. The van der Waals surface area contributed by atoms with Gasteiger partial charge in [-0.05, 0) is 48.0 Å². The molecule has 0 radical (unpaired) electrons. The summed E-state index contributed by atoms with van der Waals surface area (Å²) >= 11 is 11.8. The lowest BCUT2D eigenvalue weighted by Gasteiger charge is -2.28. The normalized spacial score (nSPS) is 14.7. The minimum absolute atomic E-state index is 0.204. The number of carbonyl (C=O) groups is 1. The summed E-state index contributed by atoms with van der Waals surface area (Å²) in [6, 6.07) is 13.0. The Morgan fingerprint density at radius 2 is 1.76 bits per heavy atom. The molecule has 0 unspecified atom stereocenters. The van der Waals surface area contributed by atoms with E-state index in [-0.39, 0.29) is 5.91 Å². The zero-order valence-electron chi connectivity index (χ0n) is 13.5. The van der Waals surface area contributed by atoms with Crippen LogP contribution in [0.1, 0.15) is 5.56 Å². The van der Waals surface area contributed by atoms with E-state index in [4.69, 9.17) is 27.9 Å². The summed E-state index contributed by atoms with van der Waals surface area (Å²) in [5, 5.41) is 3.79. The molecule has 0 atom stereocenters. The molecule has 0 aromatic heterocycles. The van der Waals surface area contributed by atoms with E-state index in [2.05, 4.69) is 10.2 Å². The van der Waals surface area contributed by atoms with Gasteiger partial charge in [0.2, 0.25) is 5.91 Å². The van der Waals surface area contributed by atoms with Gasteiger partial charge in [0.1, 0.15) is 0 Å². The van der Waals surface area contributed by atoms with Crippen molar-refractivity contribution in [2.75, 3.05) is 36.5 Å². The number of nitrogens with zero attached hydrogens (tertiary/aromatic N) is 1. The summed E-state index contributed by atoms with van der Waals surface area (Å²) in [4.78, 5) is 14.3. The average Bonchev–Trinajstić information content (AvgIpc) is 2.64. The Morgan fingerprint density at radius 3 is 2.44 bits per heavy atom. The second kappa shape index (κ2) is 8.39. The first-order chi connectivity index (χ1) is 12.1. The molecular formula is C19H18Cl2N2O2. The molecule has 25 heavy (non-hydrogen) atoms. The van der Waals surface area contributed by atoms with E-state index < -0.39 is 0 Å². The quantitative estimate of drug-likeness (QED) is 0.799. The number of rotatable bonds is 4. The molecule has 1 aliphatic rings. The fraction of sp³-hybridized carbons (Fsp3) is 0.211. The molecule has 1 aliphatic heterocycles. The van der Waals surface area contributed by atoms with Crippen molar-refractivity contribution < 1.29 is 9.53 Å². The molecule has 2 aromatic carbocycles. The third-order valence-corrected chi connectivity index (χ3v) is 4.62. The van der Waals surface area contributed by atoms with E-state index in [0.717, 1.165) is 43.2 Å². The first-order valence-electron chi connectivity index (χ1n) is 7.99. The standard InChI is InChI=1S/C19H18Cl2N2O2/c20-17-7-1-14(13-18(17)21)2-8-19(24)22-15-3-5-16(6-4-15)23-9-11-25-12-10-23/h1-8,13H,9-12H2,(H,22,24)/b8-2+. The second-order valence-corrected chi connectivity index (χ2v) is 6.46. The van der Waals surface area contributed by atoms with E-state index in [1.165, 1.54) is 6.08 Å². The molecule has 2 aromatic rings. The molecule has 0 aliphatic carbocycles. The zero-order chi connectivity index (χ0) is 17.6. The molecule has 0 bridgehead atoms. The van der Waals surface area contributed by atoms with Crippen LogP contribution in [0.3, 0.4) is 0 Å². The third-order valence-electron chi connectivity index (χ3n) is 3.88. The molecule has 1 heterocycles. The molecular weight excluding hydrogens is 359 g/mol. The highest BCUT2D eigenvalue weighted by Crippen LogP contribution is 2.23. The van der Waals surface area contributed by atoms with Crippen LogP contribution >= 0.6 is 23.2 Å². The number of morpholine rings is 1. The van der Waals surface area contributed by atoms with Crippen molar-refractivity contribution >= 4 is 46.6 Å². The lowest BCUT2D eigenvalue weighted by Crippen LogP contribution is -2.36. The summed E-state index contributed by atoms with van der Waals surface area (Å²) in [5.74, 6) is -0.204. The van der Waals surface area contributed by atoms with Crippen LogP contribution in [-0.4, -0.2) is 32.2 Å². The molecule has 3 rings (SSSR count). The summed E-state index contributed by atoms with van der Waals surface area (Å²) in [6.07, 6.45) is 3.16. The number of nitrogens with one attached hydrogen (secondary N) is 1. The van der Waals surface area contributed by atoms with Gasteiger partial charge in [-0.25, -0.2) is 0 Å². The van der Waals surface area contributed by atoms with Crippen LogP contribution in [0.25, 0.3) is 6.08 Å². The van der Waals surface area contributed by atoms with E-state index in [1.54, 1.807) is 24.3 Å². The molecule has 1 saturated heterocycles. The zero-order valence-corrected chi connectivity index (χ0v) is 15.1. The first-order valence-corrected chi connectivity index (χ1v) is 8.74. The first kappa shape index (κ1) is 17.8. The number of benzene rings is 2. The number of hydrogen-bond donors (Lipinski definition) is 1. The van der Waals surface area contributed by atoms with Crippen LogP contribution in [0.2, 0.25) is 10.0 Å². The van der Waals surface area contributed by atoms with Gasteiger partial charge in [-0.2, -0.15) is 0 Å². The van der Waals surface area contributed by atoms with Gasteiger partial charge in [0.05, 0.1) is 23.3 Å². The Bertz CT molecular complexity index is 769. The Kier molecular flexibility index (Phi) is 5.97.